The number of aliphatic hydroxyl groups is 4. The number of ether oxygens (including phenoxy) is 8. The van der Waals surface area contributed by atoms with Crippen LogP contribution in [0.1, 0.15) is 143 Å². The van der Waals surface area contributed by atoms with E-state index in [1.807, 2.05) is 0 Å². The summed E-state index contributed by atoms with van der Waals surface area (Å²) < 4.78 is 46.8. The normalized spacial score (nSPS) is 30.1. The van der Waals surface area contributed by atoms with Gasteiger partial charge in [-0.25, -0.2) is 24.0 Å². The molecule has 10 N–H and O–H groups in total. The Morgan fingerprint density at radius 3 is 1.76 bits per heavy atom. The molecule has 12 atom stereocenters. The zero-order valence-electron chi connectivity index (χ0n) is 48.9. The van der Waals surface area contributed by atoms with Crippen molar-refractivity contribution < 1.29 is 87.1 Å². The molecule has 0 spiro atoms. The molecule has 25 heteroatoms. The van der Waals surface area contributed by atoms with Gasteiger partial charge in [-0.3, -0.25) is 4.79 Å². The summed E-state index contributed by atoms with van der Waals surface area (Å²) >= 11 is 0. The lowest BCUT2D eigenvalue weighted by Gasteiger charge is -2.52. The zero-order chi connectivity index (χ0) is 59.1. The average Bonchev–Trinajstić information content (AvgIpc) is 3.22. The molecule has 25 nitrogen and oxygen atoms in total. The molecule has 78 heavy (non-hydrogen) atoms. The molecule has 0 bridgehead atoms. The van der Waals surface area contributed by atoms with E-state index < -0.39 is 143 Å². The monoisotopic (exact) mass is 1120 g/mol. The molecule has 0 aromatic heterocycles. The quantitative estimate of drug-likeness (QED) is 0.0988. The van der Waals surface area contributed by atoms with Gasteiger partial charge in [-0.05, 0) is 161 Å². The maximum Gasteiger partial charge on any atom is 0.410 e. The van der Waals surface area contributed by atoms with Crippen molar-refractivity contribution in [3.05, 3.63) is 11.8 Å². The van der Waals surface area contributed by atoms with Gasteiger partial charge in [0.1, 0.15) is 63.8 Å². The Balaban J connectivity index is 1.74. The fraction of sp³-hybridized carbons (Fsp3) is 0.849. The lowest BCUT2D eigenvalue weighted by Crippen LogP contribution is -2.71. The minimum atomic E-state index is -1.88. The molecule has 448 valence electrons. The lowest BCUT2D eigenvalue weighted by atomic mass is 9.72. The summed E-state index contributed by atoms with van der Waals surface area (Å²) in [5, 5.41) is 65.1. The largest absolute Gasteiger partial charge is 0.491 e. The summed E-state index contributed by atoms with van der Waals surface area (Å²) in [6.07, 6.45) is -11.0. The number of nitrogens with zero attached hydrogens (tertiary/aromatic N) is 1. The second-order valence-electron chi connectivity index (χ2n) is 26.1. The van der Waals surface area contributed by atoms with E-state index in [1.165, 1.54) is 14.0 Å². The fourth-order valence-corrected chi connectivity index (χ4v) is 9.62. The van der Waals surface area contributed by atoms with Crippen LogP contribution in [0.2, 0.25) is 0 Å². The third kappa shape index (κ3) is 21.0. The molecule has 2 aliphatic carbocycles. The Labute approximate surface area is 459 Å². The maximum absolute atomic E-state index is 14.0. The molecule has 4 rings (SSSR count). The number of likely N-dealkylation sites (N-methyl/N-ethyl adjacent to an activating group) is 1. The summed E-state index contributed by atoms with van der Waals surface area (Å²) in [7, 11) is 1.32. The number of carbonyl (C=O) groups excluding carboxylic acids is 6. The topological polar surface area (TPSA) is 333 Å². The fourth-order valence-electron chi connectivity index (χ4n) is 9.62. The standard InChI is InChI=1S/C53H93N7O18/c1-48(2,3)74-43(65)55-21-20-34(61)41(64)57-33-24-32(59-46(68)77-51(10,11)12)35(36(62)39(33)73-42-37(63)40(53(16,70)27-71-42)60(17)47(69)78-52(13,14)15)38-31(58-45(67)76-50(7,8)9)19-18-30(72-38)26-54-25-28-22-29(23-28)56-44(66)75-49(4,5)6/h18,28-29,31-40,42,54,61-63,70H,19-27H2,1-17H3,(H,55,65)(H,56,66)(H,57,64)(H,58,67)(H,59,68)/t28-,29-,31-,32+,33-,34+,35?,36+,37-,38+,39+,40-,42-,53+/m1/s1. The van der Waals surface area contributed by atoms with E-state index in [4.69, 9.17) is 37.9 Å². The Morgan fingerprint density at radius 1 is 0.705 bits per heavy atom. The lowest BCUT2D eigenvalue weighted by molar-refractivity contribution is -0.305. The van der Waals surface area contributed by atoms with Crippen LogP contribution in [0.3, 0.4) is 0 Å². The van der Waals surface area contributed by atoms with Crippen LogP contribution in [0.4, 0.5) is 24.0 Å². The molecule has 0 aromatic rings. The number of amides is 6. The molecule has 0 radical (unpaired) electrons. The summed E-state index contributed by atoms with van der Waals surface area (Å²) in [5.41, 5.74) is -6.21. The molecule has 4 aliphatic rings. The van der Waals surface area contributed by atoms with Crippen molar-refractivity contribution in [2.75, 3.05) is 33.3 Å². The van der Waals surface area contributed by atoms with Crippen molar-refractivity contribution in [3.8, 4) is 0 Å². The van der Waals surface area contributed by atoms with Crippen LogP contribution in [-0.2, 0) is 42.7 Å². The van der Waals surface area contributed by atoms with Crippen LogP contribution in [0.25, 0.3) is 0 Å². The Kier molecular flexibility index (Phi) is 22.0. The first-order valence-electron chi connectivity index (χ1n) is 26.9. The highest BCUT2D eigenvalue weighted by Gasteiger charge is 2.57. The van der Waals surface area contributed by atoms with E-state index in [-0.39, 0.29) is 44.3 Å². The third-order valence-corrected chi connectivity index (χ3v) is 12.7. The Hall–Kier alpha value is -4.92. The van der Waals surface area contributed by atoms with Gasteiger partial charge in [0.25, 0.3) is 0 Å². The van der Waals surface area contributed by atoms with E-state index in [0.717, 1.165) is 4.90 Å². The van der Waals surface area contributed by atoms with Gasteiger partial charge in [0, 0.05) is 31.6 Å². The zero-order valence-corrected chi connectivity index (χ0v) is 48.9. The van der Waals surface area contributed by atoms with E-state index >= 15 is 0 Å². The highest BCUT2D eigenvalue weighted by atomic mass is 16.7. The van der Waals surface area contributed by atoms with Crippen LogP contribution in [0.5, 0.6) is 0 Å². The van der Waals surface area contributed by atoms with Crippen molar-refractivity contribution in [3.63, 3.8) is 0 Å². The number of rotatable bonds is 16. The van der Waals surface area contributed by atoms with Gasteiger partial charge >= 0.3 is 30.5 Å². The third-order valence-electron chi connectivity index (χ3n) is 12.7. The van der Waals surface area contributed by atoms with E-state index in [2.05, 4.69) is 31.9 Å². The van der Waals surface area contributed by atoms with Gasteiger partial charge in [-0.2, -0.15) is 0 Å². The molecule has 2 saturated carbocycles. The second-order valence-corrected chi connectivity index (χ2v) is 26.1. The van der Waals surface area contributed by atoms with Gasteiger partial charge in [0.2, 0.25) is 5.91 Å². The van der Waals surface area contributed by atoms with Crippen molar-refractivity contribution in [2.24, 2.45) is 11.8 Å². The maximum atomic E-state index is 14.0. The number of hydrogen-bond acceptors (Lipinski definition) is 19. The van der Waals surface area contributed by atoms with Crippen molar-refractivity contribution in [2.45, 2.75) is 244 Å². The van der Waals surface area contributed by atoms with Gasteiger partial charge < -0.3 is 95.1 Å². The summed E-state index contributed by atoms with van der Waals surface area (Å²) in [4.78, 5) is 80.6. The summed E-state index contributed by atoms with van der Waals surface area (Å²) in [6, 6.07) is -4.91. The van der Waals surface area contributed by atoms with Crippen molar-refractivity contribution in [1.29, 1.82) is 0 Å². The first-order chi connectivity index (χ1) is 35.6. The smallest absolute Gasteiger partial charge is 0.410 e. The second kappa shape index (κ2) is 26.1. The summed E-state index contributed by atoms with van der Waals surface area (Å²) in [5.74, 6) is -1.59. The number of nitrogens with one attached hydrogen (secondary N) is 6. The van der Waals surface area contributed by atoms with Crippen LogP contribution >= 0.6 is 0 Å². The van der Waals surface area contributed by atoms with Gasteiger partial charge in [-0.15, -0.1) is 0 Å². The molecule has 1 saturated heterocycles. The number of hydrogen-bond donors (Lipinski definition) is 10. The number of carbonyl (C=O) groups is 6. The molecular formula is C53H93N7O18. The first kappa shape index (κ1) is 65.6. The van der Waals surface area contributed by atoms with Gasteiger partial charge in [-0.1, -0.05) is 0 Å². The van der Waals surface area contributed by atoms with E-state index in [1.54, 1.807) is 110 Å². The molecule has 1 unspecified atom stereocenters. The van der Waals surface area contributed by atoms with Crippen LogP contribution in [0.15, 0.2) is 11.8 Å². The highest BCUT2D eigenvalue weighted by molar-refractivity contribution is 5.81. The Bertz CT molecular complexity index is 2090. The molecular weight excluding hydrogens is 1020 g/mol. The van der Waals surface area contributed by atoms with Crippen LogP contribution < -0.4 is 31.9 Å². The van der Waals surface area contributed by atoms with Crippen molar-refractivity contribution >= 4 is 36.4 Å². The Morgan fingerprint density at radius 2 is 1.22 bits per heavy atom. The summed E-state index contributed by atoms with van der Waals surface area (Å²) in [6.45, 7) is 26.8. The number of aliphatic hydroxyl groups excluding tert-OH is 3. The predicted molar refractivity (Wildman–Crippen MR) is 283 cm³/mol. The molecule has 6 amide bonds. The highest BCUT2D eigenvalue weighted by Crippen LogP contribution is 2.39. The molecule has 2 heterocycles. The minimum absolute atomic E-state index is 0.0543. The molecule has 2 aliphatic heterocycles. The predicted octanol–water partition coefficient (Wildman–Crippen LogP) is 3.57. The number of alkyl carbamates (subject to hydrolysis) is 4. The van der Waals surface area contributed by atoms with Gasteiger partial charge in [0.15, 0.2) is 6.29 Å². The molecule has 0 aromatic carbocycles. The van der Waals surface area contributed by atoms with Gasteiger partial charge in [0.05, 0.1) is 37.4 Å². The first-order valence-corrected chi connectivity index (χ1v) is 26.9. The SMILES string of the molecule is CN(C(=O)OC(C)(C)C)[C@@H]1[C@@H](O)[C@@H](O[C@H]2[C@H](NC(=O)[C@@H](O)CCNC(=O)OC(C)(C)C)C[C@H](NC(=O)OC(C)(C)C)C([C@H]3OC(CNC[C@H]4C[C@H](NC(=O)OC(C)(C)C)C4)=CC[C@H]3NC(=O)OC(C)(C)C)[C@@H]2O)OC[C@]1(C)O. The van der Waals surface area contributed by atoms with E-state index in [0.29, 0.717) is 25.1 Å². The van der Waals surface area contributed by atoms with Crippen LogP contribution in [-0.4, -0.2) is 196 Å². The average molecular weight is 1120 g/mol. The van der Waals surface area contributed by atoms with E-state index in [9.17, 15) is 49.2 Å². The molecule has 3 fully saturated rings. The van der Waals surface area contributed by atoms with Crippen LogP contribution in [0, 0.1) is 11.8 Å². The minimum Gasteiger partial charge on any atom is -0.491 e. The van der Waals surface area contributed by atoms with Crippen molar-refractivity contribution in [1.82, 2.24) is 36.8 Å².